The van der Waals surface area contributed by atoms with Crippen LogP contribution in [0.1, 0.15) is 10.4 Å². The second kappa shape index (κ2) is 2.57. The third-order valence-corrected chi connectivity index (χ3v) is 2.36. The Bertz CT molecular complexity index is 435. The molecule has 2 rings (SSSR count). The van der Waals surface area contributed by atoms with Gasteiger partial charge in [0.05, 0.1) is 21.7 Å². The number of benzene rings is 1. The summed E-state index contributed by atoms with van der Waals surface area (Å²) in [5, 5.41) is 10.4. The number of rotatable bonds is 1. The Balaban J connectivity index is 2.68. The number of carbonyl (C=O) groups excluding carboxylic acids is 1. The summed E-state index contributed by atoms with van der Waals surface area (Å²) in [6.45, 7) is 0. The van der Waals surface area contributed by atoms with Gasteiger partial charge < -0.3 is 9.90 Å². The minimum atomic E-state index is -1.15. The number of aromatic carboxylic acids is 1. The zero-order valence-electron chi connectivity index (χ0n) is 5.98. The fourth-order valence-electron chi connectivity index (χ4n) is 0.982. The molecule has 0 saturated carbocycles. The normalized spacial score (nSPS) is 10.3. The number of thiazole rings is 1. The van der Waals surface area contributed by atoms with Gasteiger partial charge in [-0.15, -0.1) is 11.3 Å². The maximum Gasteiger partial charge on any atom is 0.0812 e. The smallest absolute Gasteiger partial charge is 0.0812 e. The zero-order valence-corrected chi connectivity index (χ0v) is 6.80. The first-order valence-electron chi connectivity index (χ1n) is 3.32. The van der Waals surface area contributed by atoms with Gasteiger partial charge in [-0.1, -0.05) is 6.07 Å². The van der Waals surface area contributed by atoms with E-state index in [0.717, 1.165) is 10.2 Å². The number of carbonyl (C=O) groups is 1. The van der Waals surface area contributed by atoms with Gasteiger partial charge in [0.15, 0.2) is 0 Å². The summed E-state index contributed by atoms with van der Waals surface area (Å²) in [5.41, 5.74) is 2.71. The molecular weight excluding hydrogens is 174 g/mol. The average molecular weight is 178 g/mol. The van der Waals surface area contributed by atoms with Crippen molar-refractivity contribution in [2.75, 3.05) is 0 Å². The minimum absolute atomic E-state index is 0.201. The fourth-order valence-corrected chi connectivity index (χ4v) is 1.70. The number of fused-ring (bicyclic) bond motifs is 1. The maximum absolute atomic E-state index is 10.4. The molecule has 1 aromatic carbocycles. The zero-order chi connectivity index (χ0) is 8.55. The number of aromatic nitrogens is 1. The Kier molecular flexibility index (Phi) is 1.55. The third kappa shape index (κ3) is 1.06. The van der Waals surface area contributed by atoms with Crippen molar-refractivity contribution in [3.63, 3.8) is 0 Å². The molecule has 60 valence electrons. The molecular formula is C8H4NO2S-. The average Bonchev–Trinajstić information content (AvgIpc) is 2.49. The van der Waals surface area contributed by atoms with E-state index >= 15 is 0 Å². The molecule has 0 N–H and O–H groups in total. The summed E-state index contributed by atoms with van der Waals surface area (Å²) in [6, 6.07) is 4.75. The highest BCUT2D eigenvalue weighted by molar-refractivity contribution is 7.16. The van der Waals surface area contributed by atoms with Gasteiger partial charge in [0.2, 0.25) is 0 Å². The van der Waals surface area contributed by atoms with Crippen LogP contribution in [0.5, 0.6) is 0 Å². The second-order valence-corrected chi connectivity index (χ2v) is 3.21. The van der Waals surface area contributed by atoms with E-state index in [1.165, 1.54) is 17.4 Å². The van der Waals surface area contributed by atoms with Crippen LogP contribution in [0.4, 0.5) is 0 Å². The highest BCUT2D eigenvalue weighted by Crippen LogP contribution is 2.18. The van der Waals surface area contributed by atoms with Gasteiger partial charge in [-0.2, -0.15) is 0 Å². The molecule has 0 amide bonds. The topological polar surface area (TPSA) is 53.0 Å². The van der Waals surface area contributed by atoms with Crippen LogP contribution in [0.25, 0.3) is 10.2 Å². The van der Waals surface area contributed by atoms with Gasteiger partial charge in [-0.25, -0.2) is 4.98 Å². The summed E-state index contributed by atoms with van der Waals surface area (Å²) in [7, 11) is 0. The lowest BCUT2D eigenvalue weighted by atomic mass is 10.2. The van der Waals surface area contributed by atoms with Crippen LogP contribution in [0.15, 0.2) is 23.7 Å². The maximum atomic E-state index is 10.4. The SMILES string of the molecule is O=C([O-])c1ccc2ncsc2c1. The van der Waals surface area contributed by atoms with Crippen molar-refractivity contribution in [2.45, 2.75) is 0 Å². The molecule has 2 aromatic rings. The highest BCUT2D eigenvalue weighted by Gasteiger charge is 1.98. The summed E-state index contributed by atoms with van der Waals surface area (Å²) < 4.78 is 0.872. The van der Waals surface area contributed by atoms with Crippen LogP contribution in [-0.2, 0) is 0 Å². The Labute approximate surface area is 72.3 Å². The molecule has 0 fully saturated rings. The molecule has 0 spiro atoms. The van der Waals surface area contributed by atoms with E-state index in [4.69, 9.17) is 0 Å². The van der Waals surface area contributed by atoms with Crippen molar-refractivity contribution < 1.29 is 9.90 Å². The molecule has 4 heteroatoms. The molecule has 3 nitrogen and oxygen atoms in total. The Morgan fingerprint density at radius 2 is 2.33 bits per heavy atom. The number of nitrogens with zero attached hydrogens (tertiary/aromatic N) is 1. The lowest BCUT2D eigenvalue weighted by Gasteiger charge is -1.99. The van der Waals surface area contributed by atoms with E-state index in [1.807, 2.05) is 0 Å². The standard InChI is InChI=1S/C8H5NO2S/c10-8(11)5-1-2-6-7(3-5)12-4-9-6/h1-4H,(H,10,11)/p-1. The van der Waals surface area contributed by atoms with E-state index in [9.17, 15) is 9.90 Å². The molecule has 1 heterocycles. The van der Waals surface area contributed by atoms with E-state index in [0.29, 0.717) is 0 Å². The Morgan fingerprint density at radius 3 is 3.08 bits per heavy atom. The van der Waals surface area contributed by atoms with Crippen molar-refractivity contribution in [3.05, 3.63) is 29.3 Å². The van der Waals surface area contributed by atoms with Crippen LogP contribution in [0.3, 0.4) is 0 Å². The van der Waals surface area contributed by atoms with Gasteiger partial charge in [0, 0.05) is 0 Å². The lowest BCUT2D eigenvalue weighted by molar-refractivity contribution is -0.255. The van der Waals surface area contributed by atoms with Gasteiger partial charge in [-0.3, -0.25) is 0 Å². The van der Waals surface area contributed by atoms with Crippen LogP contribution in [-0.4, -0.2) is 11.0 Å². The van der Waals surface area contributed by atoms with Crippen molar-refractivity contribution in [2.24, 2.45) is 0 Å². The quantitative estimate of drug-likeness (QED) is 0.644. The first kappa shape index (κ1) is 7.24. The van der Waals surface area contributed by atoms with Crippen LogP contribution >= 0.6 is 11.3 Å². The molecule has 0 unspecified atom stereocenters. The van der Waals surface area contributed by atoms with Gasteiger partial charge in [0.1, 0.15) is 0 Å². The molecule has 0 aliphatic rings. The number of hydrogen-bond donors (Lipinski definition) is 0. The Morgan fingerprint density at radius 1 is 1.50 bits per heavy atom. The van der Waals surface area contributed by atoms with E-state index < -0.39 is 5.97 Å². The third-order valence-electron chi connectivity index (χ3n) is 1.57. The summed E-state index contributed by atoms with van der Waals surface area (Å²) in [6.07, 6.45) is 0. The van der Waals surface area contributed by atoms with Gasteiger partial charge >= 0.3 is 0 Å². The monoisotopic (exact) mass is 178 g/mol. The molecule has 0 saturated heterocycles. The van der Waals surface area contributed by atoms with Crippen molar-refractivity contribution in [3.8, 4) is 0 Å². The van der Waals surface area contributed by atoms with Gasteiger partial charge in [0.25, 0.3) is 0 Å². The largest absolute Gasteiger partial charge is 0.545 e. The number of hydrogen-bond acceptors (Lipinski definition) is 4. The number of carboxylic acid groups (broad SMARTS) is 1. The van der Waals surface area contributed by atoms with Crippen molar-refractivity contribution in [1.82, 2.24) is 4.98 Å². The molecule has 0 aliphatic heterocycles. The van der Waals surface area contributed by atoms with Crippen LogP contribution in [0, 0.1) is 0 Å². The fraction of sp³-hybridized carbons (Fsp3) is 0. The predicted molar refractivity (Wildman–Crippen MR) is 44.0 cm³/mol. The molecule has 0 atom stereocenters. The highest BCUT2D eigenvalue weighted by atomic mass is 32.1. The summed E-state index contributed by atoms with van der Waals surface area (Å²) in [5.74, 6) is -1.15. The number of carboxylic acids is 1. The van der Waals surface area contributed by atoms with Gasteiger partial charge in [-0.05, 0) is 17.7 Å². The van der Waals surface area contributed by atoms with Crippen LogP contribution < -0.4 is 5.11 Å². The minimum Gasteiger partial charge on any atom is -0.545 e. The molecule has 12 heavy (non-hydrogen) atoms. The lowest BCUT2D eigenvalue weighted by Crippen LogP contribution is -2.21. The van der Waals surface area contributed by atoms with E-state index in [1.54, 1.807) is 17.6 Å². The van der Waals surface area contributed by atoms with E-state index in [2.05, 4.69) is 4.98 Å². The second-order valence-electron chi connectivity index (χ2n) is 2.32. The molecule has 0 bridgehead atoms. The first-order valence-corrected chi connectivity index (χ1v) is 4.20. The van der Waals surface area contributed by atoms with Crippen LogP contribution in [0.2, 0.25) is 0 Å². The predicted octanol–water partition coefficient (Wildman–Crippen LogP) is 0.660. The summed E-state index contributed by atoms with van der Waals surface area (Å²) >= 11 is 1.42. The van der Waals surface area contributed by atoms with E-state index in [-0.39, 0.29) is 5.56 Å². The summed E-state index contributed by atoms with van der Waals surface area (Å²) in [4.78, 5) is 14.5. The molecule has 0 aliphatic carbocycles. The van der Waals surface area contributed by atoms with Crippen molar-refractivity contribution >= 4 is 27.5 Å². The molecule has 1 aromatic heterocycles. The Hall–Kier alpha value is -1.42. The molecule has 0 radical (unpaired) electrons. The van der Waals surface area contributed by atoms with Crippen molar-refractivity contribution in [1.29, 1.82) is 0 Å². The first-order chi connectivity index (χ1) is 5.77.